The van der Waals surface area contributed by atoms with Crippen LogP contribution in [0.3, 0.4) is 0 Å². The fraction of sp³-hybridized carbons (Fsp3) is 0.154. The van der Waals surface area contributed by atoms with Gasteiger partial charge in [-0.1, -0.05) is 15.9 Å². The lowest BCUT2D eigenvalue weighted by Crippen LogP contribution is -2.15. The zero-order valence-electron chi connectivity index (χ0n) is 10.7. The molecular formula is C13H12Br2N4O. The van der Waals surface area contributed by atoms with E-state index in [0.29, 0.717) is 11.5 Å². The summed E-state index contributed by atoms with van der Waals surface area (Å²) in [5.74, 6) is 0.273. The van der Waals surface area contributed by atoms with Crippen molar-refractivity contribution in [1.29, 1.82) is 0 Å². The molecule has 0 fully saturated rings. The predicted molar refractivity (Wildman–Crippen MR) is 86.0 cm³/mol. The number of hydrogen-bond donors (Lipinski definition) is 2. The highest BCUT2D eigenvalue weighted by atomic mass is 79.9. The van der Waals surface area contributed by atoms with Crippen molar-refractivity contribution in [2.24, 2.45) is 0 Å². The number of nitrogens with one attached hydrogen (secondary N) is 2. The molecule has 0 atom stereocenters. The average Bonchev–Trinajstić information content (AvgIpc) is 2.42. The van der Waals surface area contributed by atoms with Crippen LogP contribution in [0.4, 0.5) is 11.5 Å². The van der Waals surface area contributed by atoms with Crippen molar-refractivity contribution in [2.75, 3.05) is 17.2 Å². The van der Waals surface area contributed by atoms with Gasteiger partial charge < -0.3 is 10.6 Å². The maximum absolute atomic E-state index is 12.1. The Morgan fingerprint density at radius 1 is 1.30 bits per heavy atom. The van der Waals surface area contributed by atoms with E-state index < -0.39 is 0 Å². The van der Waals surface area contributed by atoms with Crippen LogP contribution in [0.25, 0.3) is 0 Å². The van der Waals surface area contributed by atoms with E-state index in [1.807, 2.05) is 19.1 Å². The smallest absolute Gasteiger partial charge is 0.275 e. The van der Waals surface area contributed by atoms with Gasteiger partial charge in [-0.05, 0) is 41.1 Å². The molecule has 0 spiro atoms. The number of amides is 1. The SMILES string of the molecule is CCNc1cncc(C(=O)Nc2ccc(Br)cc2Br)n1. The molecule has 7 heteroatoms. The molecule has 0 saturated carbocycles. The Balaban J connectivity index is 2.17. The molecule has 2 aromatic rings. The Bertz CT molecular complexity index is 634. The summed E-state index contributed by atoms with van der Waals surface area (Å²) >= 11 is 6.76. The van der Waals surface area contributed by atoms with Crippen molar-refractivity contribution in [3.05, 3.63) is 45.2 Å². The first kappa shape index (κ1) is 14.9. The maximum atomic E-state index is 12.1. The molecule has 1 aromatic carbocycles. The summed E-state index contributed by atoms with van der Waals surface area (Å²) in [6.07, 6.45) is 3.01. The van der Waals surface area contributed by atoms with Crippen molar-refractivity contribution < 1.29 is 4.79 Å². The number of benzene rings is 1. The Kier molecular flexibility index (Phi) is 5.08. The Morgan fingerprint density at radius 2 is 2.10 bits per heavy atom. The second kappa shape index (κ2) is 6.81. The number of carbonyl (C=O) groups is 1. The number of rotatable bonds is 4. The van der Waals surface area contributed by atoms with E-state index in [4.69, 9.17) is 0 Å². The van der Waals surface area contributed by atoms with Gasteiger partial charge in [-0.25, -0.2) is 4.98 Å². The van der Waals surface area contributed by atoms with E-state index in [9.17, 15) is 4.79 Å². The third kappa shape index (κ3) is 3.77. The van der Waals surface area contributed by atoms with Crippen LogP contribution < -0.4 is 10.6 Å². The molecule has 1 aromatic heterocycles. The quantitative estimate of drug-likeness (QED) is 0.822. The van der Waals surface area contributed by atoms with Gasteiger partial charge in [0.25, 0.3) is 5.91 Å². The number of anilines is 2. The van der Waals surface area contributed by atoms with E-state index in [2.05, 4.69) is 52.5 Å². The first-order chi connectivity index (χ1) is 9.60. The normalized spacial score (nSPS) is 10.2. The van der Waals surface area contributed by atoms with Crippen molar-refractivity contribution in [3.8, 4) is 0 Å². The second-order valence-electron chi connectivity index (χ2n) is 3.90. The highest BCUT2D eigenvalue weighted by Gasteiger charge is 2.11. The molecule has 0 aliphatic carbocycles. The molecular weight excluding hydrogens is 388 g/mol. The number of halogens is 2. The summed E-state index contributed by atoms with van der Waals surface area (Å²) in [5, 5.41) is 5.80. The summed E-state index contributed by atoms with van der Waals surface area (Å²) < 4.78 is 1.72. The third-order valence-corrected chi connectivity index (χ3v) is 3.55. The highest BCUT2D eigenvalue weighted by Crippen LogP contribution is 2.26. The summed E-state index contributed by atoms with van der Waals surface area (Å²) in [6.45, 7) is 2.67. The van der Waals surface area contributed by atoms with E-state index >= 15 is 0 Å². The lowest BCUT2D eigenvalue weighted by atomic mass is 10.3. The lowest BCUT2D eigenvalue weighted by Gasteiger charge is -2.08. The summed E-state index contributed by atoms with van der Waals surface area (Å²) in [6, 6.07) is 5.51. The topological polar surface area (TPSA) is 66.9 Å². The summed E-state index contributed by atoms with van der Waals surface area (Å²) in [4.78, 5) is 20.3. The van der Waals surface area contributed by atoms with Crippen LogP contribution in [0.15, 0.2) is 39.5 Å². The average molecular weight is 400 g/mol. The van der Waals surface area contributed by atoms with Crippen LogP contribution in [-0.2, 0) is 0 Å². The second-order valence-corrected chi connectivity index (χ2v) is 5.67. The van der Waals surface area contributed by atoms with Crippen LogP contribution >= 0.6 is 31.9 Å². The molecule has 0 aliphatic rings. The molecule has 104 valence electrons. The Hall–Kier alpha value is -1.47. The van der Waals surface area contributed by atoms with Crippen LogP contribution in [0, 0.1) is 0 Å². The minimum Gasteiger partial charge on any atom is -0.369 e. The number of carbonyl (C=O) groups excluding carboxylic acids is 1. The highest BCUT2D eigenvalue weighted by molar-refractivity contribution is 9.11. The molecule has 0 saturated heterocycles. The molecule has 0 radical (unpaired) electrons. The van der Waals surface area contributed by atoms with Crippen molar-refractivity contribution in [2.45, 2.75) is 6.92 Å². The first-order valence-corrected chi connectivity index (χ1v) is 7.51. The van der Waals surface area contributed by atoms with Crippen molar-refractivity contribution in [1.82, 2.24) is 9.97 Å². The third-order valence-electron chi connectivity index (χ3n) is 2.40. The molecule has 0 aliphatic heterocycles. The fourth-order valence-corrected chi connectivity index (χ4v) is 2.67. The first-order valence-electron chi connectivity index (χ1n) is 5.92. The molecule has 0 unspecified atom stereocenters. The van der Waals surface area contributed by atoms with Gasteiger partial charge in [0.2, 0.25) is 0 Å². The van der Waals surface area contributed by atoms with Gasteiger partial charge in [0.15, 0.2) is 0 Å². The van der Waals surface area contributed by atoms with E-state index in [1.54, 1.807) is 12.3 Å². The van der Waals surface area contributed by atoms with Gasteiger partial charge in [0.05, 0.1) is 18.1 Å². The number of nitrogens with zero attached hydrogens (tertiary/aromatic N) is 2. The van der Waals surface area contributed by atoms with Crippen molar-refractivity contribution in [3.63, 3.8) is 0 Å². The summed E-state index contributed by atoms with van der Waals surface area (Å²) in [7, 11) is 0. The predicted octanol–water partition coefficient (Wildman–Crippen LogP) is 3.69. The molecule has 1 amide bonds. The molecule has 0 bridgehead atoms. The van der Waals surface area contributed by atoms with Crippen molar-refractivity contribution >= 4 is 49.3 Å². The molecule has 2 N–H and O–H groups in total. The monoisotopic (exact) mass is 398 g/mol. The van der Waals surface area contributed by atoms with Gasteiger partial charge in [-0.2, -0.15) is 0 Å². The molecule has 1 heterocycles. The zero-order chi connectivity index (χ0) is 14.5. The van der Waals surface area contributed by atoms with Crippen LogP contribution in [0.1, 0.15) is 17.4 Å². The number of hydrogen-bond acceptors (Lipinski definition) is 4. The Morgan fingerprint density at radius 3 is 2.80 bits per heavy atom. The van der Waals surface area contributed by atoms with Gasteiger partial charge in [-0.15, -0.1) is 0 Å². The number of aromatic nitrogens is 2. The maximum Gasteiger partial charge on any atom is 0.275 e. The molecule has 20 heavy (non-hydrogen) atoms. The standard InChI is InChI=1S/C13H12Br2N4O/c1-2-17-12-7-16-6-11(18-12)13(20)19-10-4-3-8(14)5-9(10)15/h3-7H,2H2,1H3,(H,17,18)(H,19,20). The minimum absolute atomic E-state index is 0.262. The van der Waals surface area contributed by atoms with Crippen LogP contribution in [0.5, 0.6) is 0 Å². The van der Waals surface area contributed by atoms with E-state index in [0.717, 1.165) is 15.5 Å². The largest absolute Gasteiger partial charge is 0.369 e. The zero-order valence-corrected chi connectivity index (χ0v) is 13.8. The van der Waals surface area contributed by atoms with Crippen LogP contribution in [0.2, 0.25) is 0 Å². The van der Waals surface area contributed by atoms with E-state index in [1.165, 1.54) is 6.20 Å². The fourth-order valence-electron chi connectivity index (χ4n) is 1.52. The Labute approximate surface area is 133 Å². The van der Waals surface area contributed by atoms with Gasteiger partial charge in [0.1, 0.15) is 11.5 Å². The lowest BCUT2D eigenvalue weighted by molar-refractivity contribution is 0.102. The van der Waals surface area contributed by atoms with Gasteiger partial charge >= 0.3 is 0 Å². The molecule has 5 nitrogen and oxygen atoms in total. The molecule has 2 rings (SSSR count). The van der Waals surface area contributed by atoms with E-state index in [-0.39, 0.29) is 11.6 Å². The minimum atomic E-state index is -0.305. The van der Waals surface area contributed by atoms with Gasteiger partial charge in [0, 0.05) is 15.5 Å². The van der Waals surface area contributed by atoms with Gasteiger partial charge in [-0.3, -0.25) is 9.78 Å². The van der Waals surface area contributed by atoms with Crippen LogP contribution in [-0.4, -0.2) is 22.4 Å². The summed E-state index contributed by atoms with van der Waals surface area (Å²) in [5.41, 5.74) is 0.937.